The molecule has 1 aliphatic heterocycles. The Balaban J connectivity index is 2.55. The number of carbonyl (C=O) groups excluding carboxylic acids is 1. The van der Waals surface area contributed by atoms with Gasteiger partial charge >= 0.3 is 0 Å². The zero-order valence-corrected chi connectivity index (χ0v) is 9.47. The Morgan fingerprint density at radius 3 is 2.93 bits per heavy atom. The van der Waals surface area contributed by atoms with E-state index in [9.17, 15) is 4.79 Å². The lowest BCUT2D eigenvalue weighted by Crippen LogP contribution is -2.45. The van der Waals surface area contributed by atoms with Gasteiger partial charge in [0.1, 0.15) is 0 Å². The highest BCUT2D eigenvalue weighted by Gasteiger charge is 2.39. The van der Waals surface area contributed by atoms with Crippen molar-refractivity contribution >= 4 is 5.91 Å². The molecule has 0 aromatic carbocycles. The molecule has 4 nitrogen and oxygen atoms in total. The van der Waals surface area contributed by atoms with Crippen molar-refractivity contribution < 1.29 is 4.79 Å². The van der Waals surface area contributed by atoms with Crippen LogP contribution < -0.4 is 10.6 Å². The molecule has 0 aromatic rings. The Morgan fingerprint density at radius 1 is 1.73 bits per heavy atom. The highest BCUT2D eigenvalue weighted by Crippen LogP contribution is 2.29. The van der Waals surface area contributed by atoms with Crippen LogP contribution in [0.4, 0.5) is 0 Å². The van der Waals surface area contributed by atoms with Crippen LogP contribution in [0.1, 0.15) is 33.1 Å². The first-order valence-electron chi connectivity index (χ1n) is 5.53. The number of hydrogen-bond acceptors (Lipinski definition) is 3. The molecule has 0 bridgehead atoms. The molecular formula is C11H19N3O. The van der Waals surface area contributed by atoms with Gasteiger partial charge in [-0.3, -0.25) is 4.79 Å². The summed E-state index contributed by atoms with van der Waals surface area (Å²) in [4.78, 5) is 12.0. The van der Waals surface area contributed by atoms with E-state index < -0.39 is 0 Å². The molecule has 2 unspecified atom stereocenters. The quantitative estimate of drug-likeness (QED) is 0.719. The first-order chi connectivity index (χ1) is 7.14. The van der Waals surface area contributed by atoms with Gasteiger partial charge in [-0.25, -0.2) is 0 Å². The third kappa shape index (κ3) is 2.69. The van der Waals surface area contributed by atoms with Crippen LogP contribution >= 0.6 is 0 Å². The van der Waals surface area contributed by atoms with Crippen molar-refractivity contribution in [2.75, 3.05) is 13.1 Å². The van der Waals surface area contributed by atoms with Crippen LogP contribution in [0.15, 0.2) is 0 Å². The van der Waals surface area contributed by atoms with E-state index >= 15 is 0 Å². The van der Waals surface area contributed by atoms with Crippen molar-refractivity contribution in [1.82, 2.24) is 10.6 Å². The molecule has 0 spiro atoms. The van der Waals surface area contributed by atoms with E-state index in [0.29, 0.717) is 6.42 Å². The number of carbonyl (C=O) groups is 1. The second-order valence-corrected chi connectivity index (χ2v) is 4.30. The summed E-state index contributed by atoms with van der Waals surface area (Å²) in [6.07, 6.45) is 2.12. The summed E-state index contributed by atoms with van der Waals surface area (Å²) in [6, 6.07) is 2.01. The normalized spacial score (nSPS) is 27.0. The van der Waals surface area contributed by atoms with E-state index in [1.54, 1.807) is 0 Å². The highest BCUT2D eigenvalue weighted by atomic mass is 16.2. The molecule has 84 valence electrons. The van der Waals surface area contributed by atoms with Gasteiger partial charge in [-0.2, -0.15) is 5.26 Å². The summed E-state index contributed by atoms with van der Waals surface area (Å²) < 4.78 is 0. The largest absolute Gasteiger partial charge is 0.352 e. The number of amides is 1. The summed E-state index contributed by atoms with van der Waals surface area (Å²) in [5.41, 5.74) is -0.246. The van der Waals surface area contributed by atoms with Gasteiger partial charge < -0.3 is 10.6 Å². The molecule has 1 amide bonds. The maximum atomic E-state index is 12.0. The van der Waals surface area contributed by atoms with Crippen molar-refractivity contribution in [2.24, 2.45) is 5.41 Å². The molecule has 0 aliphatic carbocycles. The molecule has 2 N–H and O–H groups in total. The molecule has 1 heterocycles. The number of nitrogens with one attached hydrogen (secondary N) is 2. The highest BCUT2D eigenvalue weighted by molar-refractivity contribution is 5.83. The molecular weight excluding hydrogens is 190 g/mol. The topological polar surface area (TPSA) is 64.9 Å². The summed E-state index contributed by atoms with van der Waals surface area (Å²) in [5.74, 6) is 0.0951. The van der Waals surface area contributed by atoms with Crippen LogP contribution in [0.25, 0.3) is 0 Å². The van der Waals surface area contributed by atoms with Gasteiger partial charge in [0.2, 0.25) is 5.91 Å². The standard InChI is InChI=1S/C11H19N3O/c1-3-11(5-7-13-8-11)10(15)14-9(2)4-6-12/h9,13H,3-5,7-8H2,1-2H3,(H,14,15). The maximum absolute atomic E-state index is 12.0. The zero-order valence-electron chi connectivity index (χ0n) is 9.47. The molecule has 1 fully saturated rings. The fraction of sp³-hybridized carbons (Fsp3) is 0.818. The van der Waals surface area contributed by atoms with Gasteiger partial charge in [-0.05, 0) is 26.3 Å². The van der Waals surface area contributed by atoms with Crippen molar-refractivity contribution in [1.29, 1.82) is 5.26 Å². The van der Waals surface area contributed by atoms with Crippen LogP contribution in [-0.4, -0.2) is 25.0 Å². The Bertz CT molecular complexity index is 263. The zero-order chi connectivity index (χ0) is 11.3. The van der Waals surface area contributed by atoms with Crippen molar-refractivity contribution in [2.45, 2.75) is 39.2 Å². The minimum atomic E-state index is -0.246. The summed E-state index contributed by atoms with van der Waals surface area (Å²) in [6.45, 7) is 5.58. The van der Waals surface area contributed by atoms with E-state index in [1.807, 2.05) is 13.8 Å². The summed E-state index contributed by atoms with van der Waals surface area (Å²) in [5, 5.41) is 14.7. The number of nitriles is 1. The minimum absolute atomic E-state index is 0.0495. The summed E-state index contributed by atoms with van der Waals surface area (Å²) >= 11 is 0. The molecule has 1 saturated heterocycles. The molecule has 4 heteroatoms. The maximum Gasteiger partial charge on any atom is 0.227 e. The van der Waals surface area contributed by atoms with E-state index in [-0.39, 0.29) is 17.4 Å². The number of nitrogens with zero attached hydrogens (tertiary/aromatic N) is 1. The monoisotopic (exact) mass is 209 g/mol. The SMILES string of the molecule is CCC1(C(=O)NC(C)CC#N)CCNC1. The lowest BCUT2D eigenvalue weighted by molar-refractivity contribution is -0.130. The van der Waals surface area contributed by atoms with Gasteiger partial charge in [-0.15, -0.1) is 0 Å². The molecule has 0 radical (unpaired) electrons. The van der Waals surface area contributed by atoms with Crippen molar-refractivity contribution in [3.05, 3.63) is 0 Å². The van der Waals surface area contributed by atoms with Crippen molar-refractivity contribution in [3.63, 3.8) is 0 Å². The van der Waals surface area contributed by atoms with Gasteiger partial charge in [0.15, 0.2) is 0 Å². The Hall–Kier alpha value is -1.08. The Labute approximate surface area is 91.0 Å². The Morgan fingerprint density at radius 2 is 2.47 bits per heavy atom. The third-order valence-electron chi connectivity index (χ3n) is 3.18. The first kappa shape index (κ1) is 12.0. The molecule has 15 heavy (non-hydrogen) atoms. The smallest absolute Gasteiger partial charge is 0.227 e. The van der Waals surface area contributed by atoms with Crippen molar-refractivity contribution in [3.8, 4) is 6.07 Å². The van der Waals surface area contributed by atoms with Crippen LogP contribution in [0.5, 0.6) is 0 Å². The Kier molecular flexibility index (Phi) is 4.10. The predicted octanol–water partition coefficient (Wildman–Crippen LogP) is 0.794. The van der Waals surface area contributed by atoms with E-state index in [2.05, 4.69) is 16.7 Å². The second-order valence-electron chi connectivity index (χ2n) is 4.30. The molecule has 2 atom stereocenters. The van der Waals surface area contributed by atoms with Gasteiger partial charge in [0, 0.05) is 12.6 Å². The van der Waals surface area contributed by atoms with Gasteiger partial charge in [0.05, 0.1) is 17.9 Å². The van der Waals surface area contributed by atoms with E-state index in [1.165, 1.54) is 0 Å². The van der Waals surface area contributed by atoms with Crippen LogP contribution in [-0.2, 0) is 4.79 Å². The van der Waals surface area contributed by atoms with Crippen LogP contribution in [0.2, 0.25) is 0 Å². The molecule has 0 aromatic heterocycles. The lowest BCUT2D eigenvalue weighted by atomic mass is 9.83. The average molecular weight is 209 g/mol. The summed E-state index contributed by atoms with van der Waals surface area (Å²) in [7, 11) is 0. The fourth-order valence-corrected chi connectivity index (χ4v) is 1.96. The molecule has 1 aliphatic rings. The molecule has 0 saturated carbocycles. The molecule has 1 rings (SSSR count). The number of hydrogen-bond donors (Lipinski definition) is 2. The second kappa shape index (κ2) is 5.13. The number of rotatable bonds is 4. The van der Waals surface area contributed by atoms with E-state index in [4.69, 9.17) is 5.26 Å². The van der Waals surface area contributed by atoms with Gasteiger partial charge in [0.25, 0.3) is 0 Å². The fourth-order valence-electron chi connectivity index (χ4n) is 1.96. The third-order valence-corrected chi connectivity index (χ3v) is 3.18. The van der Waals surface area contributed by atoms with Crippen LogP contribution in [0.3, 0.4) is 0 Å². The lowest BCUT2D eigenvalue weighted by Gasteiger charge is -2.26. The van der Waals surface area contributed by atoms with Gasteiger partial charge in [-0.1, -0.05) is 6.92 Å². The first-order valence-corrected chi connectivity index (χ1v) is 5.53. The predicted molar refractivity (Wildman–Crippen MR) is 58.0 cm³/mol. The average Bonchev–Trinajstić information content (AvgIpc) is 2.67. The van der Waals surface area contributed by atoms with E-state index in [0.717, 1.165) is 25.9 Å². The minimum Gasteiger partial charge on any atom is -0.352 e. The van der Waals surface area contributed by atoms with Crippen LogP contribution in [0, 0.1) is 16.7 Å².